The maximum absolute atomic E-state index is 12.9. The minimum Gasteiger partial charge on any atom is -0.366 e. The second-order valence-electron chi connectivity index (χ2n) is 11.6. The summed E-state index contributed by atoms with van der Waals surface area (Å²) in [4.78, 5) is 13.5. The Morgan fingerprint density at radius 2 is 1.22 bits per heavy atom. The minimum absolute atomic E-state index is 0.338. The first-order valence-corrected chi connectivity index (χ1v) is 14.9. The van der Waals surface area contributed by atoms with Gasteiger partial charge in [-0.3, -0.25) is 0 Å². The van der Waals surface area contributed by atoms with Crippen molar-refractivity contribution in [3.63, 3.8) is 0 Å². The molecule has 8 rings (SSSR count). The molecule has 2 fully saturated rings. The smallest absolute Gasteiger partial charge is 0.366 e. The number of alkyl halides is 6. The third-order valence-corrected chi connectivity index (χ3v) is 8.81. The monoisotopic (exact) mass is 644 g/mol. The molecule has 6 nitrogen and oxygen atoms in total. The van der Waals surface area contributed by atoms with Crippen LogP contribution in [0.2, 0.25) is 5.02 Å². The number of pyridine rings is 2. The number of nitrogens with zero attached hydrogens (tertiary/aromatic N) is 4. The van der Waals surface area contributed by atoms with E-state index in [1.54, 1.807) is 24.3 Å². The fraction of sp³-hybridized carbons (Fsp3) is 0.312. The van der Waals surface area contributed by atoms with Crippen LogP contribution in [-0.2, 0) is 12.4 Å². The molecule has 0 unspecified atom stereocenters. The second kappa shape index (κ2) is 11.0. The van der Waals surface area contributed by atoms with Gasteiger partial charge in [-0.05, 0) is 55.3 Å². The van der Waals surface area contributed by atoms with Crippen molar-refractivity contribution in [3.05, 3.63) is 82.9 Å². The van der Waals surface area contributed by atoms with Crippen LogP contribution >= 0.6 is 11.6 Å². The van der Waals surface area contributed by atoms with Gasteiger partial charge in [-0.25, -0.2) is 9.97 Å². The van der Waals surface area contributed by atoms with Crippen LogP contribution in [0.5, 0.6) is 0 Å². The molecule has 4 aromatic rings. The molecule has 0 radical (unpaired) electrons. The van der Waals surface area contributed by atoms with Gasteiger partial charge in [0, 0.05) is 49.4 Å². The zero-order valence-corrected chi connectivity index (χ0v) is 24.4. The van der Waals surface area contributed by atoms with Crippen molar-refractivity contribution in [2.45, 2.75) is 37.3 Å². The van der Waals surface area contributed by atoms with E-state index in [9.17, 15) is 26.3 Å². The number of aromatic nitrogens is 2. The summed E-state index contributed by atoms with van der Waals surface area (Å²) in [5, 5.41) is 7.06. The van der Waals surface area contributed by atoms with Gasteiger partial charge in [-0.1, -0.05) is 35.9 Å². The molecule has 45 heavy (non-hydrogen) atoms. The average Bonchev–Trinajstić information content (AvgIpc) is 3.60. The Hall–Kier alpha value is -4.19. The van der Waals surface area contributed by atoms with Gasteiger partial charge in [0.2, 0.25) is 0 Å². The van der Waals surface area contributed by atoms with Crippen molar-refractivity contribution in [2.75, 3.05) is 46.6 Å². The third-order valence-electron chi connectivity index (χ3n) is 8.52. The highest BCUT2D eigenvalue weighted by atomic mass is 35.5. The van der Waals surface area contributed by atoms with Crippen LogP contribution in [0.4, 0.5) is 49.4 Å². The van der Waals surface area contributed by atoms with Gasteiger partial charge >= 0.3 is 12.4 Å². The van der Waals surface area contributed by atoms with E-state index in [2.05, 4.69) is 30.4 Å². The van der Waals surface area contributed by atoms with E-state index in [1.807, 2.05) is 6.07 Å². The number of benzene rings is 2. The first kappa shape index (κ1) is 29.5. The largest absolute Gasteiger partial charge is 0.416 e. The summed E-state index contributed by atoms with van der Waals surface area (Å²) >= 11 is 6.30. The Balaban J connectivity index is 0.000000145. The molecular weight excluding hydrogens is 618 g/mol. The molecule has 234 valence electrons. The normalized spacial score (nSPS) is 19.6. The lowest BCUT2D eigenvalue weighted by Gasteiger charge is -2.28. The Morgan fingerprint density at radius 3 is 1.84 bits per heavy atom. The first-order valence-electron chi connectivity index (χ1n) is 14.5. The summed E-state index contributed by atoms with van der Waals surface area (Å²) in [7, 11) is 0. The summed E-state index contributed by atoms with van der Waals surface area (Å²) in [6, 6.07) is 16.6. The molecule has 2 atom stereocenters. The standard InChI is InChI=1S/C16H13ClF3N3.C16H14F3N3/c17-12-7-13-15(21-11-4-5-23(13)8-11)22-14(12)9-2-1-3-10(6-9)16(18,19)20;17-16(18,19)11-3-1-2-10(8-11)13-4-5-14-15(21-13)20-12-6-7-22(14)9-12/h1-3,6-7,11H,4-5,8H2,(H,21,22);1-5,8,12H,6-7,9H2,(H,20,21)/t11-;12-/m00/s1. The van der Waals surface area contributed by atoms with Gasteiger partial charge in [-0.2, -0.15) is 26.3 Å². The Bertz CT molecular complexity index is 1760. The fourth-order valence-electron chi connectivity index (χ4n) is 6.28. The Labute approximate surface area is 260 Å². The van der Waals surface area contributed by atoms with E-state index in [0.717, 1.165) is 80.5 Å². The van der Waals surface area contributed by atoms with Crippen LogP contribution < -0.4 is 20.4 Å². The lowest BCUT2D eigenvalue weighted by Crippen LogP contribution is -2.32. The van der Waals surface area contributed by atoms with Crippen LogP contribution in [0.25, 0.3) is 22.5 Å². The Kier molecular flexibility index (Phi) is 7.22. The maximum atomic E-state index is 12.9. The molecule has 2 saturated heterocycles. The van der Waals surface area contributed by atoms with Crippen molar-refractivity contribution >= 4 is 34.6 Å². The molecule has 4 aliphatic rings. The predicted molar refractivity (Wildman–Crippen MR) is 163 cm³/mol. The summed E-state index contributed by atoms with van der Waals surface area (Å²) < 4.78 is 77.2. The number of nitrogens with one attached hydrogen (secondary N) is 2. The molecule has 2 N–H and O–H groups in total. The predicted octanol–water partition coefficient (Wildman–Crippen LogP) is 8.20. The summed E-state index contributed by atoms with van der Waals surface area (Å²) in [6.07, 6.45) is -6.64. The quantitative estimate of drug-likeness (QED) is 0.215. The number of halogens is 7. The Morgan fingerprint density at radius 1 is 0.667 bits per heavy atom. The van der Waals surface area contributed by atoms with Crippen LogP contribution in [0, 0.1) is 0 Å². The van der Waals surface area contributed by atoms with E-state index in [-0.39, 0.29) is 0 Å². The lowest BCUT2D eigenvalue weighted by molar-refractivity contribution is -0.138. The second-order valence-corrected chi connectivity index (χ2v) is 12.0. The van der Waals surface area contributed by atoms with Crippen molar-refractivity contribution < 1.29 is 26.3 Å². The molecule has 0 aliphatic carbocycles. The summed E-state index contributed by atoms with van der Waals surface area (Å²) in [5.74, 6) is 1.46. The minimum atomic E-state index is -4.39. The molecule has 13 heteroatoms. The van der Waals surface area contributed by atoms with Gasteiger partial charge in [0.1, 0.15) is 0 Å². The fourth-order valence-corrected chi connectivity index (χ4v) is 6.54. The third kappa shape index (κ3) is 5.83. The van der Waals surface area contributed by atoms with Crippen molar-refractivity contribution in [2.24, 2.45) is 0 Å². The van der Waals surface area contributed by atoms with Crippen LogP contribution in [-0.4, -0.2) is 48.2 Å². The molecular formula is C32H27ClF6N6. The van der Waals surface area contributed by atoms with Crippen molar-refractivity contribution in [1.82, 2.24) is 9.97 Å². The van der Waals surface area contributed by atoms with Gasteiger partial charge in [-0.15, -0.1) is 0 Å². The van der Waals surface area contributed by atoms with Crippen molar-refractivity contribution in [1.29, 1.82) is 0 Å². The van der Waals surface area contributed by atoms with E-state index >= 15 is 0 Å². The number of hydrogen-bond acceptors (Lipinski definition) is 6. The number of anilines is 4. The van der Waals surface area contributed by atoms with Crippen LogP contribution in [0.15, 0.2) is 66.7 Å². The van der Waals surface area contributed by atoms with Gasteiger partial charge in [0.05, 0.1) is 38.9 Å². The van der Waals surface area contributed by atoms with Gasteiger partial charge < -0.3 is 20.4 Å². The number of rotatable bonds is 2. The summed E-state index contributed by atoms with van der Waals surface area (Å²) in [5.41, 5.74) is 2.36. The van der Waals surface area contributed by atoms with Gasteiger partial charge in [0.15, 0.2) is 11.6 Å². The highest BCUT2D eigenvalue weighted by molar-refractivity contribution is 6.33. The number of hydrogen-bond donors (Lipinski definition) is 2. The highest BCUT2D eigenvalue weighted by Crippen LogP contribution is 2.41. The molecule has 6 heterocycles. The summed E-state index contributed by atoms with van der Waals surface area (Å²) in [6.45, 7) is 3.81. The van der Waals surface area contributed by atoms with Crippen molar-refractivity contribution in [3.8, 4) is 22.5 Å². The SMILES string of the molecule is FC(F)(F)c1cccc(-c2ccc3c(n2)N[C@H]2CCN3C2)c1.FC(F)(F)c1cccc(-c2nc3c(cc2Cl)N2CC[C@@H](C2)N3)c1. The molecule has 0 saturated carbocycles. The zero-order valence-electron chi connectivity index (χ0n) is 23.7. The topological polar surface area (TPSA) is 56.3 Å². The van der Waals surface area contributed by atoms with E-state index in [1.165, 1.54) is 12.1 Å². The molecule has 2 aromatic heterocycles. The molecule has 0 spiro atoms. The van der Waals surface area contributed by atoms with Crippen LogP contribution in [0.3, 0.4) is 0 Å². The maximum Gasteiger partial charge on any atom is 0.416 e. The molecule has 4 bridgehead atoms. The van der Waals surface area contributed by atoms with Gasteiger partial charge in [0.25, 0.3) is 0 Å². The van der Waals surface area contributed by atoms with Crippen LogP contribution in [0.1, 0.15) is 24.0 Å². The molecule has 4 aliphatic heterocycles. The number of fused-ring (bicyclic) bond motifs is 8. The highest BCUT2D eigenvalue weighted by Gasteiger charge is 2.34. The van der Waals surface area contributed by atoms with E-state index in [0.29, 0.717) is 45.4 Å². The first-order chi connectivity index (χ1) is 21.4. The zero-order chi connectivity index (χ0) is 31.5. The van der Waals surface area contributed by atoms with E-state index in [4.69, 9.17) is 11.6 Å². The average molecular weight is 645 g/mol. The lowest BCUT2D eigenvalue weighted by atomic mass is 10.1. The molecule has 0 amide bonds. The van der Waals surface area contributed by atoms with E-state index < -0.39 is 23.5 Å². The molecule has 2 aromatic carbocycles.